The SMILES string of the molecule is N#Cc1cc(NCCCCN)ccc1[N+](=O)[O-]. The predicted molar refractivity (Wildman–Crippen MR) is 64.6 cm³/mol. The summed E-state index contributed by atoms with van der Waals surface area (Å²) in [6.45, 7) is 1.38. The Hall–Kier alpha value is -2.13. The van der Waals surface area contributed by atoms with Crippen LogP contribution in [0, 0.1) is 21.4 Å². The van der Waals surface area contributed by atoms with E-state index in [4.69, 9.17) is 11.0 Å². The third-order valence-corrected chi connectivity index (χ3v) is 2.27. The Morgan fingerprint density at radius 2 is 2.24 bits per heavy atom. The molecule has 90 valence electrons. The first-order valence-electron chi connectivity index (χ1n) is 5.31. The number of hydrogen-bond donors (Lipinski definition) is 2. The number of nitrogens with zero attached hydrogens (tertiary/aromatic N) is 2. The van der Waals surface area contributed by atoms with Gasteiger partial charge in [0.15, 0.2) is 0 Å². The second-order valence-corrected chi connectivity index (χ2v) is 3.52. The van der Waals surface area contributed by atoms with Crippen LogP contribution in [0.2, 0.25) is 0 Å². The maximum Gasteiger partial charge on any atom is 0.287 e. The van der Waals surface area contributed by atoms with Gasteiger partial charge in [0.2, 0.25) is 0 Å². The number of rotatable bonds is 6. The molecule has 0 aromatic heterocycles. The molecule has 0 aliphatic carbocycles. The van der Waals surface area contributed by atoms with E-state index in [1.54, 1.807) is 6.07 Å². The zero-order valence-corrected chi connectivity index (χ0v) is 9.35. The quantitative estimate of drug-likeness (QED) is 0.442. The molecule has 17 heavy (non-hydrogen) atoms. The van der Waals surface area contributed by atoms with Crippen LogP contribution in [0.5, 0.6) is 0 Å². The van der Waals surface area contributed by atoms with Gasteiger partial charge in [0.25, 0.3) is 5.69 Å². The van der Waals surface area contributed by atoms with Gasteiger partial charge in [0.1, 0.15) is 11.6 Å². The van der Waals surface area contributed by atoms with Gasteiger partial charge >= 0.3 is 0 Å². The first-order chi connectivity index (χ1) is 8.19. The molecule has 6 nitrogen and oxygen atoms in total. The highest BCUT2D eigenvalue weighted by Crippen LogP contribution is 2.21. The summed E-state index contributed by atoms with van der Waals surface area (Å²) in [5.41, 5.74) is 5.97. The van der Waals surface area contributed by atoms with Crippen molar-refractivity contribution in [2.75, 3.05) is 18.4 Å². The monoisotopic (exact) mass is 234 g/mol. The van der Waals surface area contributed by atoms with E-state index in [2.05, 4.69) is 5.32 Å². The lowest BCUT2D eigenvalue weighted by Gasteiger charge is -2.06. The van der Waals surface area contributed by atoms with Crippen molar-refractivity contribution in [1.82, 2.24) is 0 Å². The van der Waals surface area contributed by atoms with Gasteiger partial charge in [-0.3, -0.25) is 10.1 Å². The number of anilines is 1. The molecule has 0 saturated heterocycles. The summed E-state index contributed by atoms with van der Waals surface area (Å²) in [6.07, 6.45) is 1.85. The summed E-state index contributed by atoms with van der Waals surface area (Å²) in [4.78, 5) is 10.1. The van der Waals surface area contributed by atoms with Crippen molar-refractivity contribution >= 4 is 11.4 Å². The normalized spacial score (nSPS) is 9.65. The van der Waals surface area contributed by atoms with E-state index < -0.39 is 4.92 Å². The fourth-order valence-electron chi connectivity index (χ4n) is 1.40. The molecule has 0 heterocycles. The van der Waals surface area contributed by atoms with Gasteiger partial charge < -0.3 is 11.1 Å². The molecular formula is C11H14N4O2. The van der Waals surface area contributed by atoms with Crippen LogP contribution < -0.4 is 11.1 Å². The minimum Gasteiger partial charge on any atom is -0.385 e. The Morgan fingerprint density at radius 1 is 1.47 bits per heavy atom. The maximum absolute atomic E-state index is 10.6. The van der Waals surface area contributed by atoms with Gasteiger partial charge in [-0.05, 0) is 31.5 Å². The van der Waals surface area contributed by atoms with Crippen molar-refractivity contribution in [2.45, 2.75) is 12.8 Å². The maximum atomic E-state index is 10.6. The Bertz CT molecular complexity index is 440. The van der Waals surface area contributed by atoms with E-state index in [0.29, 0.717) is 12.2 Å². The van der Waals surface area contributed by atoms with Crippen LogP contribution in [-0.2, 0) is 0 Å². The molecule has 6 heteroatoms. The van der Waals surface area contributed by atoms with Gasteiger partial charge in [-0.1, -0.05) is 0 Å². The summed E-state index contributed by atoms with van der Waals surface area (Å²) in [6, 6.07) is 6.24. The van der Waals surface area contributed by atoms with Crippen LogP contribution in [0.1, 0.15) is 18.4 Å². The molecule has 0 bridgehead atoms. The van der Waals surface area contributed by atoms with Crippen molar-refractivity contribution in [1.29, 1.82) is 5.26 Å². The average molecular weight is 234 g/mol. The van der Waals surface area contributed by atoms with Gasteiger partial charge in [-0.15, -0.1) is 0 Å². The number of hydrogen-bond acceptors (Lipinski definition) is 5. The lowest BCUT2D eigenvalue weighted by molar-refractivity contribution is -0.385. The minimum atomic E-state index is -0.559. The summed E-state index contributed by atoms with van der Waals surface area (Å²) in [7, 11) is 0. The van der Waals surface area contributed by atoms with E-state index in [-0.39, 0.29) is 11.3 Å². The first kappa shape index (κ1) is 12.9. The van der Waals surface area contributed by atoms with Crippen molar-refractivity contribution in [2.24, 2.45) is 5.73 Å². The van der Waals surface area contributed by atoms with E-state index >= 15 is 0 Å². The molecular weight excluding hydrogens is 220 g/mol. The summed E-state index contributed by atoms with van der Waals surface area (Å²) >= 11 is 0. The van der Waals surface area contributed by atoms with Crippen LogP contribution in [0.15, 0.2) is 18.2 Å². The van der Waals surface area contributed by atoms with Gasteiger partial charge in [-0.25, -0.2) is 0 Å². The topological polar surface area (TPSA) is 105 Å². The number of nitro groups is 1. The van der Waals surface area contributed by atoms with Crippen molar-refractivity contribution in [3.63, 3.8) is 0 Å². The molecule has 0 atom stereocenters. The number of unbranched alkanes of at least 4 members (excludes halogenated alkanes) is 1. The molecule has 1 rings (SSSR count). The predicted octanol–water partition coefficient (Wildman–Crippen LogP) is 1.62. The summed E-state index contributed by atoms with van der Waals surface area (Å²) in [5, 5.41) is 22.5. The fourth-order valence-corrected chi connectivity index (χ4v) is 1.40. The third kappa shape index (κ3) is 3.74. The molecule has 0 radical (unpaired) electrons. The Labute approximate surface area is 99.2 Å². The smallest absolute Gasteiger partial charge is 0.287 e. The number of nitro benzene ring substituents is 1. The minimum absolute atomic E-state index is 0.0684. The van der Waals surface area contributed by atoms with Crippen molar-refractivity contribution in [3.8, 4) is 6.07 Å². The Balaban J connectivity index is 2.70. The highest BCUT2D eigenvalue weighted by atomic mass is 16.6. The van der Waals surface area contributed by atoms with Gasteiger partial charge in [-0.2, -0.15) is 5.26 Å². The largest absolute Gasteiger partial charge is 0.385 e. The molecule has 0 spiro atoms. The Kier molecular flexibility index (Phi) is 4.91. The van der Waals surface area contributed by atoms with E-state index in [1.807, 2.05) is 6.07 Å². The molecule has 0 unspecified atom stereocenters. The van der Waals surface area contributed by atoms with Crippen molar-refractivity contribution < 1.29 is 4.92 Å². The standard InChI is InChI=1S/C11H14N4O2/c12-5-1-2-6-14-10-3-4-11(15(16)17)9(7-10)8-13/h3-4,7,14H,1-2,5-6,12H2. The summed E-state index contributed by atoms with van der Waals surface area (Å²) < 4.78 is 0. The number of nitriles is 1. The van der Waals surface area contributed by atoms with Crippen LogP contribution in [0.3, 0.4) is 0 Å². The first-order valence-corrected chi connectivity index (χ1v) is 5.31. The number of nitrogens with one attached hydrogen (secondary N) is 1. The van der Waals surface area contributed by atoms with E-state index in [0.717, 1.165) is 19.4 Å². The molecule has 0 amide bonds. The average Bonchev–Trinajstić information content (AvgIpc) is 2.34. The lowest BCUT2D eigenvalue weighted by Crippen LogP contribution is -2.06. The lowest BCUT2D eigenvalue weighted by atomic mass is 10.1. The van der Waals surface area contributed by atoms with Crippen LogP contribution in [0.25, 0.3) is 0 Å². The molecule has 0 aliphatic heterocycles. The fraction of sp³-hybridized carbons (Fsp3) is 0.364. The second-order valence-electron chi connectivity index (χ2n) is 3.52. The van der Waals surface area contributed by atoms with Gasteiger partial charge in [0.05, 0.1) is 4.92 Å². The summed E-state index contributed by atoms with van der Waals surface area (Å²) in [5.74, 6) is 0. The Morgan fingerprint density at radius 3 is 2.82 bits per heavy atom. The van der Waals surface area contributed by atoms with Crippen molar-refractivity contribution in [3.05, 3.63) is 33.9 Å². The zero-order chi connectivity index (χ0) is 12.7. The van der Waals surface area contributed by atoms with E-state index in [1.165, 1.54) is 12.1 Å². The highest BCUT2D eigenvalue weighted by molar-refractivity contribution is 5.58. The van der Waals surface area contributed by atoms with Gasteiger partial charge in [0, 0.05) is 18.3 Å². The third-order valence-electron chi connectivity index (χ3n) is 2.27. The second kappa shape index (κ2) is 6.45. The highest BCUT2D eigenvalue weighted by Gasteiger charge is 2.13. The van der Waals surface area contributed by atoms with E-state index in [9.17, 15) is 10.1 Å². The number of benzene rings is 1. The molecule has 1 aromatic rings. The zero-order valence-electron chi connectivity index (χ0n) is 9.35. The molecule has 3 N–H and O–H groups in total. The number of nitrogens with two attached hydrogens (primary N) is 1. The van der Waals surface area contributed by atoms with Crippen LogP contribution in [-0.4, -0.2) is 18.0 Å². The molecule has 1 aromatic carbocycles. The molecule has 0 fully saturated rings. The van der Waals surface area contributed by atoms with Crippen LogP contribution in [0.4, 0.5) is 11.4 Å². The molecule has 0 aliphatic rings. The van der Waals surface area contributed by atoms with Crippen LogP contribution >= 0.6 is 0 Å². The molecule has 0 saturated carbocycles.